The summed E-state index contributed by atoms with van der Waals surface area (Å²) in [5.41, 5.74) is 1.13. The highest BCUT2D eigenvalue weighted by Crippen LogP contribution is 2.35. The summed E-state index contributed by atoms with van der Waals surface area (Å²) in [7, 11) is 0. The molecule has 0 radical (unpaired) electrons. The lowest BCUT2D eigenvalue weighted by molar-refractivity contribution is 0.0914. The van der Waals surface area contributed by atoms with E-state index in [0.29, 0.717) is 33.8 Å². The average Bonchev–Trinajstić information content (AvgIpc) is 3.34. The topological polar surface area (TPSA) is 86.5 Å². The number of rotatable bonds is 5. The fourth-order valence-electron chi connectivity index (χ4n) is 2.89. The number of aromatic nitrogens is 2. The zero-order chi connectivity index (χ0) is 19.7. The van der Waals surface area contributed by atoms with Crippen LogP contribution in [-0.2, 0) is 0 Å². The molecule has 3 aromatic rings. The number of hydrogen-bond donors (Lipinski definition) is 1. The lowest BCUT2D eigenvalue weighted by Crippen LogP contribution is -2.32. The molecular weight excluding hydrogens is 382 g/mol. The van der Waals surface area contributed by atoms with Gasteiger partial charge < -0.3 is 19.3 Å². The fraction of sp³-hybridized carbons (Fsp3) is 0.250. The molecule has 7 nitrogen and oxygen atoms in total. The predicted octanol–water partition coefficient (Wildman–Crippen LogP) is 4.25. The quantitative estimate of drug-likeness (QED) is 0.690. The first-order valence-electron chi connectivity index (χ1n) is 8.82. The molecule has 0 saturated heterocycles. The maximum absolute atomic E-state index is 12.6. The molecule has 4 rings (SSSR count). The van der Waals surface area contributed by atoms with Crippen molar-refractivity contribution < 1.29 is 18.8 Å². The summed E-state index contributed by atoms with van der Waals surface area (Å²) >= 11 is 6.12. The third kappa shape index (κ3) is 3.53. The van der Waals surface area contributed by atoms with Crippen molar-refractivity contribution in [3.05, 3.63) is 58.9 Å². The number of fused-ring (bicyclic) bond motifs is 1. The van der Waals surface area contributed by atoms with Gasteiger partial charge in [0, 0.05) is 5.56 Å². The van der Waals surface area contributed by atoms with E-state index in [1.165, 1.54) is 0 Å². The number of carbonyl (C=O) groups excluding carboxylic acids is 1. The van der Waals surface area contributed by atoms with Gasteiger partial charge in [0.25, 0.3) is 5.91 Å². The third-order valence-corrected chi connectivity index (χ3v) is 4.74. The summed E-state index contributed by atoms with van der Waals surface area (Å²) in [5, 5.41) is 7.37. The molecule has 0 spiro atoms. The van der Waals surface area contributed by atoms with Gasteiger partial charge in [-0.1, -0.05) is 42.7 Å². The summed E-state index contributed by atoms with van der Waals surface area (Å²) in [4.78, 5) is 17.1. The highest BCUT2D eigenvalue weighted by Gasteiger charge is 2.26. The standard InChI is InChI=1S/C20H18ClN3O4/c1-11(2)17(22-19(25)13-5-3-4-6-14(13)21)20-23-18(24-28-20)12-7-8-15-16(9-12)27-10-26-15/h3-9,11,17H,10H2,1-2H3,(H,22,25)/t17-/m1/s1. The van der Waals surface area contributed by atoms with Crippen molar-refractivity contribution in [3.8, 4) is 22.9 Å². The molecule has 2 aromatic carbocycles. The second kappa shape index (κ2) is 7.52. The van der Waals surface area contributed by atoms with Gasteiger partial charge in [-0.15, -0.1) is 0 Å². The van der Waals surface area contributed by atoms with Crippen molar-refractivity contribution in [2.75, 3.05) is 6.79 Å². The Labute approximate surface area is 166 Å². The monoisotopic (exact) mass is 399 g/mol. The second-order valence-electron chi connectivity index (χ2n) is 6.70. The van der Waals surface area contributed by atoms with Gasteiger partial charge in [0.2, 0.25) is 18.5 Å². The molecule has 0 aliphatic carbocycles. The van der Waals surface area contributed by atoms with Gasteiger partial charge in [0.15, 0.2) is 11.5 Å². The molecule has 1 aliphatic rings. The number of hydrogen-bond acceptors (Lipinski definition) is 6. The number of nitrogens with one attached hydrogen (secondary N) is 1. The van der Waals surface area contributed by atoms with Crippen LogP contribution < -0.4 is 14.8 Å². The zero-order valence-electron chi connectivity index (χ0n) is 15.3. The minimum Gasteiger partial charge on any atom is -0.454 e. The molecule has 1 aromatic heterocycles. The lowest BCUT2D eigenvalue weighted by atomic mass is 10.0. The Morgan fingerprint density at radius 1 is 1.14 bits per heavy atom. The van der Waals surface area contributed by atoms with Crippen molar-refractivity contribution in [1.29, 1.82) is 0 Å². The van der Waals surface area contributed by atoms with Crippen LogP contribution in [0.25, 0.3) is 11.4 Å². The van der Waals surface area contributed by atoms with Crippen LogP contribution >= 0.6 is 11.6 Å². The first-order chi connectivity index (χ1) is 13.5. The fourth-order valence-corrected chi connectivity index (χ4v) is 3.11. The van der Waals surface area contributed by atoms with Gasteiger partial charge in [-0.2, -0.15) is 4.98 Å². The van der Waals surface area contributed by atoms with Crippen molar-refractivity contribution in [2.24, 2.45) is 5.92 Å². The Kier molecular flexibility index (Phi) is 4.92. The van der Waals surface area contributed by atoms with Crippen LogP contribution in [0.4, 0.5) is 0 Å². The lowest BCUT2D eigenvalue weighted by Gasteiger charge is -2.18. The minimum atomic E-state index is -0.459. The van der Waals surface area contributed by atoms with E-state index in [1.54, 1.807) is 36.4 Å². The number of halogens is 1. The van der Waals surface area contributed by atoms with Crippen LogP contribution in [0.1, 0.15) is 36.1 Å². The molecule has 1 aliphatic heterocycles. The molecule has 2 heterocycles. The SMILES string of the molecule is CC(C)[C@@H](NC(=O)c1ccccc1Cl)c1nc(-c2ccc3c(c2)OCO3)no1. The molecule has 0 unspecified atom stereocenters. The van der Waals surface area contributed by atoms with Crippen molar-refractivity contribution >= 4 is 17.5 Å². The van der Waals surface area contributed by atoms with Crippen molar-refractivity contribution in [3.63, 3.8) is 0 Å². The van der Waals surface area contributed by atoms with Crippen LogP contribution in [-0.4, -0.2) is 22.8 Å². The second-order valence-corrected chi connectivity index (χ2v) is 7.11. The molecule has 8 heteroatoms. The highest BCUT2D eigenvalue weighted by atomic mass is 35.5. The molecule has 0 bridgehead atoms. The van der Waals surface area contributed by atoms with Gasteiger partial charge in [-0.05, 0) is 36.2 Å². The smallest absolute Gasteiger partial charge is 0.253 e. The van der Waals surface area contributed by atoms with Gasteiger partial charge >= 0.3 is 0 Å². The number of nitrogens with zero attached hydrogens (tertiary/aromatic N) is 2. The van der Waals surface area contributed by atoms with E-state index in [2.05, 4.69) is 15.5 Å². The average molecular weight is 400 g/mol. The number of benzene rings is 2. The summed E-state index contributed by atoms with van der Waals surface area (Å²) in [6.45, 7) is 4.11. The molecule has 1 N–H and O–H groups in total. The van der Waals surface area contributed by atoms with Crippen LogP contribution in [0.3, 0.4) is 0 Å². The molecule has 28 heavy (non-hydrogen) atoms. The van der Waals surface area contributed by atoms with E-state index in [9.17, 15) is 4.79 Å². The Bertz CT molecular complexity index is 1020. The van der Waals surface area contributed by atoms with Crippen LogP contribution in [0.2, 0.25) is 5.02 Å². The first-order valence-corrected chi connectivity index (χ1v) is 9.19. The molecule has 144 valence electrons. The van der Waals surface area contributed by atoms with E-state index < -0.39 is 6.04 Å². The van der Waals surface area contributed by atoms with E-state index in [4.69, 9.17) is 25.6 Å². The van der Waals surface area contributed by atoms with Crippen LogP contribution in [0.15, 0.2) is 47.0 Å². The molecular formula is C20H18ClN3O4. The van der Waals surface area contributed by atoms with Crippen LogP contribution in [0.5, 0.6) is 11.5 Å². The first kappa shape index (κ1) is 18.3. The summed E-state index contributed by atoms with van der Waals surface area (Å²) in [5.74, 6) is 1.77. The molecule has 0 fully saturated rings. The Morgan fingerprint density at radius 2 is 1.93 bits per heavy atom. The normalized spacial score (nSPS) is 13.6. The third-order valence-electron chi connectivity index (χ3n) is 4.41. The largest absolute Gasteiger partial charge is 0.454 e. The molecule has 1 amide bonds. The van der Waals surface area contributed by atoms with E-state index in [-0.39, 0.29) is 18.6 Å². The van der Waals surface area contributed by atoms with Crippen molar-refractivity contribution in [2.45, 2.75) is 19.9 Å². The number of ether oxygens (including phenoxy) is 2. The van der Waals surface area contributed by atoms with E-state index in [1.807, 2.05) is 19.9 Å². The maximum atomic E-state index is 12.6. The van der Waals surface area contributed by atoms with Gasteiger partial charge in [0.1, 0.15) is 6.04 Å². The number of carbonyl (C=O) groups is 1. The Balaban J connectivity index is 1.58. The zero-order valence-corrected chi connectivity index (χ0v) is 16.1. The highest BCUT2D eigenvalue weighted by molar-refractivity contribution is 6.33. The van der Waals surface area contributed by atoms with Gasteiger partial charge in [-0.25, -0.2) is 0 Å². The maximum Gasteiger partial charge on any atom is 0.253 e. The Morgan fingerprint density at radius 3 is 2.71 bits per heavy atom. The van der Waals surface area contributed by atoms with Gasteiger partial charge in [-0.3, -0.25) is 4.79 Å². The molecule has 0 saturated carbocycles. The molecule has 1 atom stereocenters. The van der Waals surface area contributed by atoms with E-state index >= 15 is 0 Å². The van der Waals surface area contributed by atoms with Crippen molar-refractivity contribution in [1.82, 2.24) is 15.5 Å². The summed E-state index contributed by atoms with van der Waals surface area (Å²) in [6, 6.07) is 11.8. The predicted molar refractivity (Wildman–Crippen MR) is 102 cm³/mol. The van der Waals surface area contributed by atoms with Gasteiger partial charge in [0.05, 0.1) is 10.6 Å². The minimum absolute atomic E-state index is 0.0245. The summed E-state index contributed by atoms with van der Waals surface area (Å²) < 4.78 is 16.2. The summed E-state index contributed by atoms with van der Waals surface area (Å²) in [6.07, 6.45) is 0. The number of amides is 1. The van der Waals surface area contributed by atoms with Crippen LogP contribution in [0, 0.1) is 5.92 Å². The van der Waals surface area contributed by atoms with E-state index in [0.717, 1.165) is 5.56 Å². The Hall–Kier alpha value is -3.06.